The van der Waals surface area contributed by atoms with Crippen LogP contribution < -0.4 is 0 Å². The van der Waals surface area contributed by atoms with Crippen LogP contribution in [0.15, 0.2) is 42.5 Å². The summed E-state index contributed by atoms with van der Waals surface area (Å²) < 4.78 is 0. The molecule has 78 valence electrons. The van der Waals surface area contributed by atoms with E-state index >= 15 is 0 Å². The Balaban J connectivity index is 2.43. The Morgan fingerprint density at radius 3 is 2.69 bits per heavy atom. The van der Waals surface area contributed by atoms with Gasteiger partial charge in [0.1, 0.15) is 6.29 Å². The minimum Gasteiger partial charge on any atom is -0.354 e. The summed E-state index contributed by atoms with van der Waals surface area (Å²) in [4.78, 5) is 14.0. The third-order valence-electron chi connectivity index (χ3n) is 2.93. The Morgan fingerprint density at radius 1 is 1.00 bits per heavy atom. The van der Waals surface area contributed by atoms with E-state index in [0.717, 1.165) is 22.9 Å². The highest BCUT2D eigenvalue weighted by Gasteiger charge is 2.06. The van der Waals surface area contributed by atoms with Crippen LogP contribution in [0.25, 0.3) is 21.8 Å². The number of para-hydroxylation sites is 2. The number of carbonyl (C=O) groups excluding carboxylic acids is 1. The van der Waals surface area contributed by atoms with Gasteiger partial charge in [0, 0.05) is 22.7 Å². The van der Waals surface area contributed by atoms with E-state index in [0.29, 0.717) is 6.42 Å². The van der Waals surface area contributed by atoms with Crippen LogP contribution in [-0.4, -0.2) is 11.3 Å². The summed E-state index contributed by atoms with van der Waals surface area (Å²) in [5, 5.41) is 2.40. The molecule has 0 bridgehead atoms. The lowest BCUT2D eigenvalue weighted by atomic mass is 10.1. The van der Waals surface area contributed by atoms with Crippen molar-refractivity contribution in [1.29, 1.82) is 0 Å². The van der Waals surface area contributed by atoms with Crippen LogP contribution in [0.4, 0.5) is 0 Å². The van der Waals surface area contributed by atoms with E-state index in [1.165, 1.54) is 10.8 Å². The number of aromatic amines is 1. The molecule has 16 heavy (non-hydrogen) atoms. The smallest absolute Gasteiger partial charge is 0.124 e. The van der Waals surface area contributed by atoms with E-state index < -0.39 is 0 Å². The van der Waals surface area contributed by atoms with Crippen LogP contribution >= 0.6 is 0 Å². The molecule has 3 rings (SSSR count). The summed E-state index contributed by atoms with van der Waals surface area (Å²) in [5.74, 6) is 0. The molecule has 0 amide bonds. The molecule has 2 aromatic carbocycles. The summed E-state index contributed by atoms with van der Waals surface area (Å²) in [6, 6.07) is 14.3. The molecule has 0 unspecified atom stereocenters. The minimum atomic E-state index is 0.462. The van der Waals surface area contributed by atoms with Gasteiger partial charge < -0.3 is 9.78 Å². The molecule has 0 aliphatic heterocycles. The normalized spacial score (nSPS) is 11.0. The highest BCUT2D eigenvalue weighted by molar-refractivity contribution is 6.08. The third kappa shape index (κ3) is 1.23. The van der Waals surface area contributed by atoms with Crippen LogP contribution in [0.1, 0.15) is 5.56 Å². The number of hydrogen-bond acceptors (Lipinski definition) is 1. The Bertz CT molecular complexity index is 667. The molecule has 1 aromatic heterocycles. The molecule has 1 heterocycles. The van der Waals surface area contributed by atoms with Crippen molar-refractivity contribution in [3.63, 3.8) is 0 Å². The Kier molecular flexibility index (Phi) is 2.00. The van der Waals surface area contributed by atoms with E-state index in [2.05, 4.69) is 23.2 Å². The molecule has 0 saturated heterocycles. The number of aldehydes is 1. The van der Waals surface area contributed by atoms with Crippen molar-refractivity contribution in [2.24, 2.45) is 0 Å². The van der Waals surface area contributed by atoms with Crippen molar-refractivity contribution in [2.75, 3.05) is 0 Å². The molecule has 0 aliphatic rings. The van der Waals surface area contributed by atoms with Gasteiger partial charge in [-0.15, -0.1) is 0 Å². The largest absolute Gasteiger partial charge is 0.354 e. The Hall–Kier alpha value is -2.09. The predicted molar refractivity (Wildman–Crippen MR) is 65.6 cm³/mol. The maximum absolute atomic E-state index is 10.6. The SMILES string of the molecule is O=CCc1cccc2c1[nH]c1ccccc12. The van der Waals surface area contributed by atoms with Gasteiger partial charge in [-0.25, -0.2) is 0 Å². The average molecular weight is 209 g/mol. The third-order valence-corrected chi connectivity index (χ3v) is 2.93. The number of fused-ring (bicyclic) bond motifs is 3. The van der Waals surface area contributed by atoms with Crippen LogP contribution in [-0.2, 0) is 11.2 Å². The van der Waals surface area contributed by atoms with Gasteiger partial charge in [0.15, 0.2) is 0 Å². The van der Waals surface area contributed by atoms with Crippen LogP contribution in [0.5, 0.6) is 0 Å². The number of nitrogens with one attached hydrogen (secondary N) is 1. The maximum atomic E-state index is 10.6. The van der Waals surface area contributed by atoms with Crippen molar-refractivity contribution < 1.29 is 4.79 Å². The minimum absolute atomic E-state index is 0.462. The highest BCUT2D eigenvalue weighted by Crippen LogP contribution is 2.27. The van der Waals surface area contributed by atoms with E-state index in [9.17, 15) is 4.79 Å². The summed E-state index contributed by atoms with van der Waals surface area (Å²) in [6.07, 6.45) is 1.41. The average Bonchev–Trinajstić information content (AvgIpc) is 2.69. The van der Waals surface area contributed by atoms with Crippen molar-refractivity contribution >= 4 is 28.1 Å². The fraction of sp³-hybridized carbons (Fsp3) is 0.0714. The first-order valence-electron chi connectivity index (χ1n) is 5.32. The molecule has 0 radical (unpaired) electrons. The number of carbonyl (C=O) groups is 1. The lowest BCUT2D eigenvalue weighted by Crippen LogP contribution is -1.86. The van der Waals surface area contributed by atoms with Crippen molar-refractivity contribution in [2.45, 2.75) is 6.42 Å². The zero-order valence-corrected chi connectivity index (χ0v) is 8.73. The molecule has 0 spiro atoms. The molecule has 2 heteroatoms. The molecule has 3 aromatic rings. The van der Waals surface area contributed by atoms with Gasteiger partial charge in [0.25, 0.3) is 0 Å². The zero-order chi connectivity index (χ0) is 11.0. The second-order valence-corrected chi connectivity index (χ2v) is 3.88. The molecular weight excluding hydrogens is 198 g/mol. The lowest BCUT2D eigenvalue weighted by molar-refractivity contribution is -0.107. The van der Waals surface area contributed by atoms with E-state index in [1.807, 2.05) is 24.3 Å². The molecule has 0 aliphatic carbocycles. The Morgan fingerprint density at radius 2 is 1.81 bits per heavy atom. The molecule has 0 atom stereocenters. The fourth-order valence-electron chi connectivity index (χ4n) is 2.19. The van der Waals surface area contributed by atoms with Gasteiger partial charge in [0.05, 0.1) is 5.52 Å². The summed E-state index contributed by atoms with van der Waals surface area (Å²) >= 11 is 0. The van der Waals surface area contributed by atoms with Gasteiger partial charge in [0.2, 0.25) is 0 Å². The second-order valence-electron chi connectivity index (χ2n) is 3.88. The number of benzene rings is 2. The van der Waals surface area contributed by atoms with Crippen molar-refractivity contribution in [3.8, 4) is 0 Å². The number of aromatic nitrogens is 1. The first-order valence-corrected chi connectivity index (χ1v) is 5.32. The quantitative estimate of drug-likeness (QED) is 0.646. The van der Waals surface area contributed by atoms with Gasteiger partial charge in [-0.1, -0.05) is 36.4 Å². The predicted octanol–water partition coefficient (Wildman–Crippen LogP) is 3.06. The molecule has 2 nitrogen and oxygen atoms in total. The van der Waals surface area contributed by atoms with E-state index in [4.69, 9.17) is 0 Å². The second kappa shape index (κ2) is 3.49. The molecule has 1 N–H and O–H groups in total. The number of hydrogen-bond donors (Lipinski definition) is 1. The first kappa shape index (κ1) is 9.16. The van der Waals surface area contributed by atoms with Gasteiger partial charge in [-0.3, -0.25) is 0 Å². The standard InChI is InChI=1S/C14H11NO/c16-9-8-10-4-3-6-12-11-5-1-2-7-13(11)15-14(10)12/h1-7,9,15H,8H2. The van der Waals surface area contributed by atoms with Crippen molar-refractivity contribution in [3.05, 3.63) is 48.0 Å². The highest BCUT2D eigenvalue weighted by atomic mass is 16.1. The van der Waals surface area contributed by atoms with E-state index in [1.54, 1.807) is 0 Å². The van der Waals surface area contributed by atoms with Gasteiger partial charge in [-0.05, 0) is 11.6 Å². The number of H-pyrrole nitrogens is 1. The number of rotatable bonds is 2. The summed E-state index contributed by atoms with van der Waals surface area (Å²) in [5.41, 5.74) is 3.26. The van der Waals surface area contributed by atoms with Crippen molar-refractivity contribution in [1.82, 2.24) is 4.98 Å². The van der Waals surface area contributed by atoms with Crippen LogP contribution in [0, 0.1) is 0 Å². The lowest BCUT2D eigenvalue weighted by Gasteiger charge is -1.97. The fourth-order valence-corrected chi connectivity index (χ4v) is 2.19. The monoisotopic (exact) mass is 209 g/mol. The summed E-state index contributed by atoms with van der Waals surface area (Å²) in [7, 11) is 0. The van der Waals surface area contributed by atoms with Gasteiger partial charge >= 0.3 is 0 Å². The molecular formula is C14H11NO. The van der Waals surface area contributed by atoms with Crippen LogP contribution in [0.3, 0.4) is 0 Å². The Labute approximate surface area is 92.9 Å². The van der Waals surface area contributed by atoms with E-state index in [-0.39, 0.29) is 0 Å². The van der Waals surface area contributed by atoms with Crippen LogP contribution in [0.2, 0.25) is 0 Å². The maximum Gasteiger partial charge on any atom is 0.124 e. The molecule has 0 saturated carbocycles. The topological polar surface area (TPSA) is 32.9 Å². The van der Waals surface area contributed by atoms with Gasteiger partial charge in [-0.2, -0.15) is 0 Å². The zero-order valence-electron chi connectivity index (χ0n) is 8.73. The molecule has 0 fully saturated rings. The first-order chi connectivity index (χ1) is 7.90. The summed E-state index contributed by atoms with van der Waals surface area (Å²) in [6.45, 7) is 0.